The highest BCUT2D eigenvalue weighted by molar-refractivity contribution is 5.93. The number of ether oxygens (including phenoxy) is 2. The second-order valence-corrected chi connectivity index (χ2v) is 5.98. The summed E-state index contributed by atoms with van der Waals surface area (Å²) in [5.41, 5.74) is 2.21. The molecule has 1 amide bonds. The molecule has 138 valence electrons. The molecule has 26 heavy (non-hydrogen) atoms. The molecule has 5 heteroatoms. The molecule has 0 aliphatic rings. The number of carbonyl (C=O) groups excluding carboxylic acids is 2. The largest absolute Gasteiger partial charge is 0.493 e. The molecule has 0 unspecified atom stereocenters. The van der Waals surface area contributed by atoms with Gasteiger partial charge in [0.05, 0.1) is 18.8 Å². The van der Waals surface area contributed by atoms with E-state index in [-0.39, 0.29) is 11.9 Å². The van der Waals surface area contributed by atoms with Crippen LogP contribution in [0.5, 0.6) is 5.75 Å². The molecule has 0 aromatic heterocycles. The van der Waals surface area contributed by atoms with Gasteiger partial charge >= 0.3 is 5.97 Å². The van der Waals surface area contributed by atoms with Crippen LogP contribution in [0.1, 0.15) is 42.1 Å². The maximum absolute atomic E-state index is 12.0. The van der Waals surface area contributed by atoms with Gasteiger partial charge in [-0.05, 0) is 55.7 Å². The number of anilines is 1. The number of hydrogen-bond donors (Lipinski definition) is 1. The summed E-state index contributed by atoms with van der Waals surface area (Å²) in [6.45, 7) is 4.82. The zero-order chi connectivity index (χ0) is 18.8. The van der Waals surface area contributed by atoms with E-state index in [1.807, 2.05) is 38.1 Å². The smallest absolute Gasteiger partial charge is 0.338 e. The van der Waals surface area contributed by atoms with E-state index in [9.17, 15) is 9.59 Å². The Morgan fingerprint density at radius 3 is 2.42 bits per heavy atom. The topological polar surface area (TPSA) is 64.6 Å². The molecule has 0 fully saturated rings. The zero-order valence-electron chi connectivity index (χ0n) is 15.3. The van der Waals surface area contributed by atoms with Gasteiger partial charge in [-0.25, -0.2) is 4.79 Å². The van der Waals surface area contributed by atoms with Crippen molar-refractivity contribution in [2.45, 2.75) is 33.1 Å². The van der Waals surface area contributed by atoms with Crippen molar-refractivity contribution >= 4 is 17.6 Å². The van der Waals surface area contributed by atoms with E-state index < -0.39 is 0 Å². The molecule has 2 aromatic carbocycles. The summed E-state index contributed by atoms with van der Waals surface area (Å²) in [7, 11) is 0. The van der Waals surface area contributed by atoms with Gasteiger partial charge < -0.3 is 14.8 Å². The van der Waals surface area contributed by atoms with Crippen LogP contribution in [0, 0.1) is 6.92 Å². The van der Waals surface area contributed by atoms with Gasteiger partial charge in [-0.3, -0.25) is 4.79 Å². The number of hydrogen-bond acceptors (Lipinski definition) is 4. The molecule has 0 spiro atoms. The minimum absolute atomic E-state index is 0.0836. The van der Waals surface area contributed by atoms with E-state index in [4.69, 9.17) is 9.47 Å². The Morgan fingerprint density at radius 1 is 1.00 bits per heavy atom. The minimum atomic E-state index is -0.349. The van der Waals surface area contributed by atoms with Crippen molar-refractivity contribution < 1.29 is 19.1 Å². The Hall–Kier alpha value is -2.82. The van der Waals surface area contributed by atoms with Gasteiger partial charge in [-0.1, -0.05) is 25.1 Å². The fourth-order valence-corrected chi connectivity index (χ4v) is 2.32. The fourth-order valence-electron chi connectivity index (χ4n) is 2.32. The third-order valence-corrected chi connectivity index (χ3v) is 3.74. The number of amides is 1. The van der Waals surface area contributed by atoms with Crippen LogP contribution >= 0.6 is 0 Å². The fraction of sp³-hybridized carbons (Fsp3) is 0.333. The quantitative estimate of drug-likeness (QED) is 0.536. The predicted octanol–water partition coefficient (Wildman–Crippen LogP) is 4.36. The van der Waals surface area contributed by atoms with Gasteiger partial charge in [-0.2, -0.15) is 0 Å². The van der Waals surface area contributed by atoms with Crippen LogP contribution < -0.4 is 10.1 Å². The molecular weight excluding hydrogens is 330 g/mol. The molecular formula is C21H25NO4. The first-order valence-corrected chi connectivity index (χ1v) is 8.85. The lowest BCUT2D eigenvalue weighted by Crippen LogP contribution is -2.13. The van der Waals surface area contributed by atoms with Crippen molar-refractivity contribution in [3.8, 4) is 5.75 Å². The van der Waals surface area contributed by atoms with Crippen LogP contribution in [0.3, 0.4) is 0 Å². The first kappa shape index (κ1) is 19.5. The lowest BCUT2D eigenvalue weighted by Gasteiger charge is -2.09. The summed E-state index contributed by atoms with van der Waals surface area (Å²) in [5.74, 6) is 0.413. The molecule has 0 saturated heterocycles. The van der Waals surface area contributed by atoms with E-state index in [1.165, 1.54) is 0 Å². The number of aryl methyl sites for hydroxylation is 1. The third-order valence-electron chi connectivity index (χ3n) is 3.74. The van der Waals surface area contributed by atoms with Crippen LogP contribution in [0.25, 0.3) is 0 Å². The number of benzene rings is 2. The van der Waals surface area contributed by atoms with E-state index in [2.05, 4.69) is 5.32 Å². The Morgan fingerprint density at radius 2 is 1.73 bits per heavy atom. The Balaban J connectivity index is 1.72. The Kier molecular flexibility index (Phi) is 7.68. The van der Waals surface area contributed by atoms with Crippen molar-refractivity contribution in [3.63, 3.8) is 0 Å². The molecule has 1 N–H and O–H groups in total. The Bertz CT molecular complexity index is 725. The van der Waals surface area contributed by atoms with Crippen LogP contribution in [0.2, 0.25) is 0 Å². The van der Waals surface area contributed by atoms with Crippen molar-refractivity contribution in [1.29, 1.82) is 0 Å². The van der Waals surface area contributed by atoms with Gasteiger partial charge in [0.1, 0.15) is 5.75 Å². The van der Waals surface area contributed by atoms with Crippen LogP contribution in [0.15, 0.2) is 48.5 Å². The van der Waals surface area contributed by atoms with Crippen LogP contribution in [-0.4, -0.2) is 25.1 Å². The molecule has 0 aliphatic carbocycles. The van der Waals surface area contributed by atoms with Crippen molar-refractivity contribution in [2.75, 3.05) is 18.5 Å². The molecule has 2 rings (SSSR count). The molecule has 0 radical (unpaired) electrons. The summed E-state index contributed by atoms with van der Waals surface area (Å²) in [4.78, 5) is 23.7. The SMILES string of the molecule is CCCOC(=O)c1ccc(NC(=O)CCCOc2ccccc2C)cc1. The highest BCUT2D eigenvalue weighted by Crippen LogP contribution is 2.16. The normalized spacial score (nSPS) is 10.2. The number of para-hydroxylation sites is 1. The summed E-state index contributed by atoms with van der Waals surface area (Å²) in [6.07, 6.45) is 1.78. The van der Waals surface area contributed by atoms with Gasteiger partial charge in [0.25, 0.3) is 0 Å². The monoisotopic (exact) mass is 355 g/mol. The van der Waals surface area contributed by atoms with E-state index >= 15 is 0 Å². The van der Waals surface area contributed by atoms with E-state index in [0.29, 0.717) is 37.3 Å². The summed E-state index contributed by atoms with van der Waals surface area (Å²) in [6, 6.07) is 14.5. The molecule has 0 atom stereocenters. The predicted molar refractivity (Wildman–Crippen MR) is 102 cm³/mol. The molecule has 0 bridgehead atoms. The number of esters is 1. The number of rotatable bonds is 9. The second kappa shape index (κ2) is 10.2. The highest BCUT2D eigenvalue weighted by Gasteiger charge is 2.08. The van der Waals surface area contributed by atoms with Crippen molar-refractivity contribution in [1.82, 2.24) is 0 Å². The second-order valence-electron chi connectivity index (χ2n) is 5.98. The molecule has 2 aromatic rings. The lowest BCUT2D eigenvalue weighted by atomic mass is 10.2. The van der Waals surface area contributed by atoms with E-state index in [0.717, 1.165) is 17.7 Å². The number of nitrogens with one attached hydrogen (secondary N) is 1. The maximum Gasteiger partial charge on any atom is 0.338 e. The summed E-state index contributed by atoms with van der Waals surface area (Å²) < 4.78 is 10.7. The van der Waals surface area contributed by atoms with Crippen LogP contribution in [0.4, 0.5) is 5.69 Å². The van der Waals surface area contributed by atoms with Crippen molar-refractivity contribution in [2.24, 2.45) is 0 Å². The van der Waals surface area contributed by atoms with Gasteiger partial charge in [0.2, 0.25) is 5.91 Å². The Labute approximate surface area is 154 Å². The van der Waals surface area contributed by atoms with Crippen LogP contribution in [-0.2, 0) is 9.53 Å². The molecule has 0 saturated carbocycles. The molecule has 0 heterocycles. The minimum Gasteiger partial charge on any atom is -0.493 e. The summed E-state index contributed by atoms with van der Waals surface area (Å²) >= 11 is 0. The first-order valence-electron chi connectivity index (χ1n) is 8.85. The number of carbonyl (C=O) groups is 2. The maximum atomic E-state index is 12.0. The standard InChI is InChI=1S/C21H25NO4/c1-3-14-26-21(24)17-10-12-18(13-11-17)22-20(23)9-6-15-25-19-8-5-4-7-16(19)2/h4-5,7-8,10-13H,3,6,9,14-15H2,1-2H3,(H,22,23). The zero-order valence-corrected chi connectivity index (χ0v) is 15.3. The van der Waals surface area contributed by atoms with Gasteiger partial charge in [0, 0.05) is 12.1 Å². The van der Waals surface area contributed by atoms with Crippen molar-refractivity contribution in [3.05, 3.63) is 59.7 Å². The summed E-state index contributed by atoms with van der Waals surface area (Å²) in [5, 5.41) is 2.81. The van der Waals surface area contributed by atoms with E-state index in [1.54, 1.807) is 24.3 Å². The molecule has 5 nitrogen and oxygen atoms in total. The third kappa shape index (κ3) is 6.24. The lowest BCUT2D eigenvalue weighted by molar-refractivity contribution is -0.116. The highest BCUT2D eigenvalue weighted by atomic mass is 16.5. The molecule has 0 aliphatic heterocycles. The van der Waals surface area contributed by atoms with Gasteiger partial charge in [-0.15, -0.1) is 0 Å². The first-order chi connectivity index (χ1) is 12.6. The van der Waals surface area contributed by atoms with Gasteiger partial charge in [0.15, 0.2) is 0 Å². The average molecular weight is 355 g/mol. The average Bonchev–Trinajstić information content (AvgIpc) is 2.65.